The van der Waals surface area contributed by atoms with E-state index in [1.165, 1.54) is 12.1 Å². The second-order valence-corrected chi connectivity index (χ2v) is 7.81. The van der Waals surface area contributed by atoms with Crippen LogP contribution in [0.25, 0.3) is 0 Å². The molecule has 2 rings (SSSR count). The molecule has 1 aliphatic rings. The highest BCUT2D eigenvalue weighted by molar-refractivity contribution is 9.10. The number of halogens is 2. The number of amides is 1. The predicted molar refractivity (Wildman–Crippen MR) is 91.8 cm³/mol. The first-order chi connectivity index (χ1) is 10.7. The lowest BCUT2D eigenvalue weighted by atomic mass is 10.0. The van der Waals surface area contributed by atoms with Gasteiger partial charge in [0.05, 0.1) is 0 Å². The number of alkyl carbamates (subject to hydrolysis) is 1. The number of benzene rings is 1. The highest BCUT2D eigenvalue weighted by Gasteiger charge is 2.24. The van der Waals surface area contributed by atoms with Gasteiger partial charge in [-0.25, -0.2) is 9.18 Å². The summed E-state index contributed by atoms with van der Waals surface area (Å²) in [5.74, 6) is -0.247. The van der Waals surface area contributed by atoms with Gasteiger partial charge in [-0.1, -0.05) is 22.0 Å². The van der Waals surface area contributed by atoms with Crippen molar-refractivity contribution in [3.8, 4) is 0 Å². The van der Waals surface area contributed by atoms with Crippen LogP contribution in [0.4, 0.5) is 9.18 Å². The predicted octanol–water partition coefficient (Wildman–Crippen LogP) is 4.08. The van der Waals surface area contributed by atoms with E-state index in [1.54, 1.807) is 6.07 Å². The Kier molecular flexibility index (Phi) is 6.03. The lowest BCUT2D eigenvalue weighted by Gasteiger charge is -2.33. The molecule has 0 aliphatic carbocycles. The van der Waals surface area contributed by atoms with Gasteiger partial charge in [-0.15, -0.1) is 0 Å². The number of ether oxygens (including phenoxy) is 1. The summed E-state index contributed by atoms with van der Waals surface area (Å²) in [5, 5.41) is 2.94. The van der Waals surface area contributed by atoms with Crippen molar-refractivity contribution in [2.45, 2.75) is 51.8 Å². The van der Waals surface area contributed by atoms with Gasteiger partial charge >= 0.3 is 6.09 Å². The molecule has 1 N–H and O–H groups in total. The Balaban J connectivity index is 1.89. The molecule has 1 saturated heterocycles. The minimum Gasteiger partial charge on any atom is -0.444 e. The Labute approximate surface area is 145 Å². The zero-order chi connectivity index (χ0) is 17.0. The smallest absolute Gasteiger partial charge is 0.407 e. The molecular weight excluding hydrogens is 363 g/mol. The van der Waals surface area contributed by atoms with E-state index in [0.29, 0.717) is 0 Å². The Bertz CT molecular complexity index is 560. The summed E-state index contributed by atoms with van der Waals surface area (Å²) in [4.78, 5) is 14.1. The van der Waals surface area contributed by atoms with Crippen molar-refractivity contribution in [2.24, 2.45) is 0 Å². The van der Waals surface area contributed by atoms with Crippen LogP contribution in [0, 0.1) is 5.82 Å². The van der Waals surface area contributed by atoms with Crippen molar-refractivity contribution < 1.29 is 13.9 Å². The molecule has 1 fully saturated rings. The van der Waals surface area contributed by atoms with Crippen LogP contribution in [-0.4, -0.2) is 35.7 Å². The molecule has 0 aromatic heterocycles. The molecule has 6 heteroatoms. The molecule has 1 aromatic rings. The maximum Gasteiger partial charge on any atom is 0.407 e. The van der Waals surface area contributed by atoms with Crippen LogP contribution in [0.1, 0.15) is 39.2 Å². The van der Waals surface area contributed by atoms with Crippen molar-refractivity contribution in [2.75, 3.05) is 13.1 Å². The Hall–Kier alpha value is -1.14. The molecule has 0 saturated carbocycles. The third-order valence-corrected chi connectivity index (χ3v) is 4.37. The number of hydrogen-bond acceptors (Lipinski definition) is 3. The summed E-state index contributed by atoms with van der Waals surface area (Å²) < 4.78 is 19.2. The molecule has 0 spiro atoms. The molecule has 128 valence electrons. The van der Waals surface area contributed by atoms with E-state index < -0.39 is 5.60 Å². The average Bonchev–Trinajstić information content (AvgIpc) is 2.40. The second-order valence-electron chi connectivity index (χ2n) is 6.96. The second kappa shape index (κ2) is 7.62. The standard InChI is InChI=1S/C17H24BrFN2O2/c1-17(2,3)23-16(22)20-14-5-4-8-21(11-14)10-12-6-7-13(19)9-15(12)18/h6-7,9,14H,4-5,8,10-11H2,1-3H3,(H,20,22)/t14-/m1/s1. The molecule has 1 aromatic carbocycles. The molecule has 0 unspecified atom stereocenters. The van der Waals surface area contributed by atoms with Crippen LogP contribution in [0.5, 0.6) is 0 Å². The van der Waals surface area contributed by atoms with Crippen LogP contribution in [0.3, 0.4) is 0 Å². The average molecular weight is 387 g/mol. The van der Waals surface area contributed by atoms with E-state index in [0.717, 1.165) is 42.5 Å². The monoisotopic (exact) mass is 386 g/mol. The third-order valence-electron chi connectivity index (χ3n) is 3.64. The molecule has 0 bridgehead atoms. The van der Waals surface area contributed by atoms with Crippen LogP contribution in [-0.2, 0) is 11.3 Å². The zero-order valence-electron chi connectivity index (χ0n) is 13.9. The van der Waals surface area contributed by atoms with Crippen LogP contribution in [0.2, 0.25) is 0 Å². The van der Waals surface area contributed by atoms with E-state index in [-0.39, 0.29) is 18.0 Å². The zero-order valence-corrected chi connectivity index (χ0v) is 15.5. The van der Waals surface area contributed by atoms with Gasteiger partial charge in [-0.2, -0.15) is 0 Å². The topological polar surface area (TPSA) is 41.6 Å². The SMILES string of the molecule is CC(C)(C)OC(=O)N[C@@H]1CCCN(Cc2ccc(F)cc2Br)C1. The fourth-order valence-corrected chi connectivity index (χ4v) is 3.16. The summed E-state index contributed by atoms with van der Waals surface area (Å²) in [6, 6.07) is 4.83. The van der Waals surface area contributed by atoms with Gasteiger partial charge in [-0.3, -0.25) is 4.90 Å². The van der Waals surface area contributed by atoms with Crippen molar-refractivity contribution >= 4 is 22.0 Å². The first-order valence-corrected chi connectivity index (χ1v) is 8.68. The van der Waals surface area contributed by atoms with Crippen molar-refractivity contribution in [1.29, 1.82) is 0 Å². The van der Waals surface area contributed by atoms with E-state index >= 15 is 0 Å². The first-order valence-electron chi connectivity index (χ1n) is 7.89. The Morgan fingerprint density at radius 1 is 1.48 bits per heavy atom. The summed E-state index contributed by atoms with van der Waals surface area (Å²) in [7, 11) is 0. The van der Waals surface area contributed by atoms with E-state index in [2.05, 4.69) is 26.1 Å². The Morgan fingerprint density at radius 2 is 2.22 bits per heavy atom. The molecule has 1 heterocycles. The lowest BCUT2D eigenvalue weighted by Crippen LogP contribution is -2.48. The largest absolute Gasteiger partial charge is 0.444 e. The molecule has 4 nitrogen and oxygen atoms in total. The number of rotatable bonds is 3. The fourth-order valence-electron chi connectivity index (χ4n) is 2.68. The minimum atomic E-state index is -0.489. The highest BCUT2D eigenvalue weighted by Crippen LogP contribution is 2.21. The van der Waals surface area contributed by atoms with E-state index in [9.17, 15) is 9.18 Å². The normalized spacial score (nSPS) is 19.4. The lowest BCUT2D eigenvalue weighted by molar-refractivity contribution is 0.0470. The van der Waals surface area contributed by atoms with Crippen LogP contribution >= 0.6 is 15.9 Å². The van der Waals surface area contributed by atoms with Crippen LogP contribution in [0.15, 0.2) is 22.7 Å². The van der Waals surface area contributed by atoms with Gasteiger partial charge < -0.3 is 10.1 Å². The van der Waals surface area contributed by atoms with Crippen LogP contribution < -0.4 is 5.32 Å². The number of likely N-dealkylation sites (tertiary alicyclic amines) is 1. The maximum atomic E-state index is 13.2. The number of nitrogens with zero attached hydrogens (tertiary/aromatic N) is 1. The van der Waals surface area contributed by atoms with E-state index in [1.807, 2.05) is 20.8 Å². The number of carbonyl (C=O) groups excluding carboxylic acids is 1. The molecule has 0 radical (unpaired) electrons. The number of piperidine rings is 1. The van der Waals surface area contributed by atoms with Gasteiger partial charge in [-0.05, 0) is 57.9 Å². The summed E-state index contributed by atoms with van der Waals surface area (Å²) in [6.45, 7) is 8.02. The third kappa shape index (κ3) is 6.11. The molecule has 1 amide bonds. The van der Waals surface area contributed by atoms with Crippen molar-refractivity contribution in [3.05, 3.63) is 34.1 Å². The number of carbonyl (C=O) groups is 1. The maximum absolute atomic E-state index is 13.2. The summed E-state index contributed by atoms with van der Waals surface area (Å²) in [5.41, 5.74) is 0.557. The van der Waals surface area contributed by atoms with Gasteiger partial charge in [0.1, 0.15) is 11.4 Å². The molecule has 1 atom stereocenters. The number of hydrogen-bond donors (Lipinski definition) is 1. The van der Waals surface area contributed by atoms with Gasteiger partial charge in [0.25, 0.3) is 0 Å². The fraction of sp³-hybridized carbons (Fsp3) is 0.588. The van der Waals surface area contributed by atoms with Gasteiger partial charge in [0.2, 0.25) is 0 Å². The van der Waals surface area contributed by atoms with Gasteiger partial charge in [0, 0.05) is 23.6 Å². The molecule has 23 heavy (non-hydrogen) atoms. The van der Waals surface area contributed by atoms with Gasteiger partial charge in [0.15, 0.2) is 0 Å². The van der Waals surface area contributed by atoms with E-state index in [4.69, 9.17) is 4.74 Å². The highest BCUT2D eigenvalue weighted by atomic mass is 79.9. The van der Waals surface area contributed by atoms with Crippen molar-refractivity contribution in [3.63, 3.8) is 0 Å². The first kappa shape index (κ1) is 18.2. The summed E-state index contributed by atoms with van der Waals surface area (Å²) >= 11 is 3.41. The number of nitrogens with one attached hydrogen (secondary N) is 1. The quantitative estimate of drug-likeness (QED) is 0.850. The van der Waals surface area contributed by atoms with Crippen molar-refractivity contribution in [1.82, 2.24) is 10.2 Å². The molecular formula is C17H24BrFN2O2. The minimum absolute atomic E-state index is 0.0813. The molecule has 1 aliphatic heterocycles. The summed E-state index contributed by atoms with van der Waals surface area (Å²) in [6.07, 6.45) is 1.59. The Morgan fingerprint density at radius 3 is 2.87 bits per heavy atom.